The van der Waals surface area contributed by atoms with Crippen molar-refractivity contribution in [1.82, 2.24) is 10.2 Å². The Bertz CT molecular complexity index is 207. The van der Waals surface area contributed by atoms with Gasteiger partial charge in [-0.3, -0.25) is 0 Å². The van der Waals surface area contributed by atoms with E-state index in [1.54, 1.807) is 12.4 Å². The minimum atomic E-state index is -1.50. The molecule has 0 aromatic carbocycles. The topological polar surface area (TPSA) is 153 Å². The number of aromatic nitrogens is 2. The molecule has 10 heteroatoms. The van der Waals surface area contributed by atoms with Crippen molar-refractivity contribution in [3.63, 3.8) is 0 Å². The van der Waals surface area contributed by atoms with Crippen LogP contribution in [0.3, 0.4) is 0 Å². The first-order valence-corrected chi connectivity index (χ1v) is 2.85. The summed E-state index contributed by atoms with van der Waals surface area (Å²) in [5, 5.41) is 34.3. The molecular formula is C4H6N4O6. The highest BCUT2D eigenvalue weighted by Gasteiger charge is 1.65. The van der Waals surface area contributed by atoms with E-state index in [1.165, 1.54) is 0 Å². The molecule has 0 radical (unpaired) electrons. The van der Waals surface area contributed by atoms with E-state index in [4.69, 9.17) is 30.6 Å². The van der Waals surface area contributed by atoms with Gasteiger partial charge in [-0.25, -0.2) is 0 Å². The van der Waals surface area contributed by atoms with Crippen molar-refractivity contribution in [3.8, 4) is 0 Å². The molecule has 14 heavy (non-hydrogen) atoms. The van der Waals surface area contributed by atoms with Crippen LogP contribution in [0.1, 0.15) is 0 Å². The van der Waals surface area contributed by atoms with Crippen molar-refractivity contribution in [2.45, 2.75) is 0 Å². The number of rotatable bonds is 0. The molecule has 0 aliphatic rings. The van der Waals surface area contributed by atoms with Gasteiger partial charge in [-0.1, -0.05) is 0 Å². The molecule has 78 valence electrons. The predicted octanol–water partition coefficient (Wildman–Crippen LogP) is -0.219. The Morgan fingerprint density at radius 3 is 1.21 bits per heavy atom. The standard InChI is InChI=1S/C4H4N2.2HNO3/c1-2-4-6-5-3-1;2*2-1(3)4/h1-4H;2*(H,2,3,4). The molecule has 1 heterocycles. The van der Waals surface area contributed by atoms with Crippen molar-refractivity contribution in [3.05, 3.63) is 44.8 Å². The lowest BCUT2D eigenvalue weighted by atomic mass is 10.6. The predicted molar refractivity (Wildman–Crippen MR) is 39.6 cm³/mol. The van der Waals surface area contributed by atoms with Crippen LogP contribution in [0, 0.1) is 20.2 Å². The molecule has 1 aromatic rings. The largest absolute Gasteiger partial charge is 0.328 e. The second-order valence-electron chi connectivity index (χ2n) is 1.39. The Balaban J connectivity index is 0. The zero-order chi connectivity index (χ0) is 11.4. The summed E-state index contributed by atoms with van der Waals surface area (Å²) in [6.45, 7) is 0. The SMILES string of the molecule is O=[N+]([O-])O.O=[N+]([O-])O.c1ccnnc1. The van der Waals surface area contributed by atoms with Crippen molar-refractivity contribution in [2.75, 3.05) is 0 Å². The van der Waals surface area contributed by atoms with Gasteiger partial charge in [0, 0.05) is 12.4 Å². The van der Waals surface area contributed by atoms with Crippen LogP contribution >= 0.6 is 0 Å². The van der Waals surface area contributed by atoms with E-state index in [0.29, 0.717) is 0 Å². The van der Waals surface area contributed by atoms with Crippen molar-refractivity contribution >= 4 is 0 Å². The van der Waals surface area contributed by atoms with Gasteiger partial charge < -0.3 is 10.4 Å². The molecule has 10 nitrogen and oxygen atoms in total. The van der Waals surface area contributed by atoms with E-state index in [-0.39, 0.29) is 0 Å². The van der Waals surface area contributed by atoms with Gasteiger partial charge >= 0.3 is 0 Å². The third-order valence-corrected chi connectivity index (χ3v) is 0.483. The first kappa shape index (κ1) is 14.0. The first-order valence-electron chi connectivity index (χ1n) is 2.85. The Morgan fingerprint density at radius 2 is 1.14 bits per heavy atom. The van der Waals surface area contributed by atoms with Crippen molar-refractivity contribution in [2.24, 2.45) is 0 Å². The first-order chi connectivity index (χ1) is 6.46. The van der Waals surface area contributed by atoms with Crippen molar-refractivity contribution in [1.29, 1.82) is 0 Å². The van der Waals surface area contributed by atoms with Crippen LogP contribution in [0.15, 0.2) is 24.5 Å². The highest BCUT2D eigenvalue weighted by atomic mass is 16.9. The summed E-state index contributed by atoms with van der Waals surface area (Å²) < 4.78 is 0. The van der Waals surface area contributed by atoms with Crippen LogP contribution in [0.25, 0.3) is 0 Å². The number of hydrogen-bond acceptors (Lipinski definition) is 6. The fourth-order valence-electron chi connectivity index (χ4n) is 0.253. The van der Waals surface area contributed by atoms with Crippen LogP contribution in [-0.4, -0.2) is 30.8 Å². The maximum atomic E-state index is 8.36. The third-order valence-electron chi connectivity index (χ3n) is 0.483. The Kier molecular flexibility index (Phi) is 10.5. The summed E-state index contributed by atoms with van der Waals surface area (Å²) in [7, 11) is 0. The van der Waals surface area contributed by atoms with E-state index in [2.05, 4.69) is 10.2 Å². The summed E-state index contributed by atoms with van der Waals surface area (Å²) >= 11 is 0. The fraction of sp³-hybridized carbons (Fsp3) is 0. The number of hydrogen-bond donors (Lipinski definition) is 2. The maximum Gasteiger partial charge on any atom is 0.291 e. The second kappa shape index (κ2) is 10.5. The van der Waals surface area contributed by atoms with Gasteiger partial charge in [0.2, 0.25) is 0 Å². The summed E-state index contributed by atoms with van der Waals surface area (Å²) in [5.74, 6) is 0. The molecule has 0 unspecified atom stereocenters. The van der Waals surface area contributed by atoms with E-state index in [9.17, 15) is 0 Å². The zero-order valence-electron chi connectivity index (χ0n) is 6.63. The average molecular weight is 206 g/mol. The van der Waals surface area contributed by atoms with Crippen LogP contribution in [0.2, 0.25) is 0 Å². The highest BCUT2D eigenvalue weighted by Crippen LogP contribution is 1.68. The maximum absolute atomic E-state index is 8.36. The van der Waals surface area contributed by atoms with Crippen LogP contribution < -0.4 is 0 Å². The van der Waals surface area contributed by atoms with E-state index >= 15 is 0 Å². The Labute approximate surface area is 76.7 Å². The van der Waals surface area contributed by atoms with E-state index in [1.807, 2.05) is 12.1 Å². The van der Waals surface area contributed by atoms with Gasteiger partial charge in [0.1, 0.15) is 0 Å². The summed E-state index contributed by atoms with van der Waals surface area (Å²) in [5.41, 5.74) is 0. The van der Waals surface area contributed by atoms with Crippen LogP contribution in [0.5, 0.6) is 0 Å². The second-order valence-corrected chi connectivity index (χ2v) is 1.39. The van der Waals surface area contributed by atoms with Gasteiger partial charge in [0.05, 0.1) is 0 Å². The van der Waals surface area contributed by atoms with Gasteiger partial charge in [0.15, 0.2) is 0 Å². The summed E-state index contributed by atoms with van der Waals surface area (Å²) in [6.07, 6.45) is 3.28. The molecule has 0 atom stereocenters. The molecule has 2 N–H and O–H groups in total. The Morgan fingerprint density at radius 1 is 0.929 bits per heavy atom. The lowest BCUT2D eigenvalue weighted by Gasteiger charge is -1.69. The molecule has 0 saturated carbocycles. The lowest BCUT2D eigenvalue weighted by Crippen LogP contribution is -1.81. The molecule has 0 bridgehead atoms. The van der Waals surface area contributed by atoms with Crippen LogP contribution in [-0.2, 0) is 0 Å². The molecule has 1 aromatic heterocycles. The molecule has 0 spiro atoms. The monoisotopic (exact) mass is 206 g/mol. The summed E-state index contributed by atoms with van der Waals surface area (Å²) in [6, 6.07) is 3.65. The molecule has 0 fully saturated rings. The van der Waals surface area contributed by atoms with E-state index in [0.717, 1.165) is 0 Å². The minimum absolute atomic E-state index is 1.50. The van der Waals surface area contributed by atoms with Gasteiger partial charge in [0.25, 0.3) is 10.2 Å². The van der Waals surface area contributed by atoms with E-state index < -0.39 is 10.2 Å². The van der Waals surface area contributed by atoms with Crippen LogP contribution in [0.4, 0.5) is 0 Å². The average Bonchev–Trinajstić information content (AvgIpc) is 2.05. The molecule has 0 aliphatic carbocycles. The third kappa shape index (κ3) is 56.3. The lowest BCUT2D eigenvalue weighted by molar-refractivity contribution is -0.742. The molecular weight excluding hydrogens is 200 g/mol. The summed E-state index contributed by atoms with van der Waals surface area (Å²) in [4.78, 5) is 16.7. The molecule has 0 aliphatic heterocycles. The quantitative estimate of drug-likeness (QED) is 0.436. The highest BCUT2D eigenvalue weighted by molar-refractivity contribution is 4.79. The normalized spacial score (nSPS) is 6.86. The number of nitrogens with zero attached hydrogens (tertiary/aromatic N) is 4. The van der Waals surface area contributed by atoms with Crippen molar-refractivity contribution < 1.29 is 20.6 Å². The minimum Gasteiger partial charge on any atom is -0.328 e. The fourth-order valence-corrected chi connectivity index (χ4v) is 0.253. The molecule has 0 saturated heterocycles. The smallest absolute Gasteiger partial charge is 0.291 e. The zero-order valence-corrected chi connectivity index (χ0v) is 6.63. The molecule has 1 rings (SSSR count). The Hall–Kier alpha value is -2.52. The van der Waals surface area contributed by atoms with Gasteiger partial charge in [-0.05, 0) is 12.1 Å². The van der Waals surface area contributed by atoms with Gasteiger partial charge in [-0.2, -0.15) is 10.2 Å². The van der Waals surface area contributed by atoms with Gasteiger partial charge in [-0.15, -0.1) is 20.2 Å². The molecule has 0 amide bonds.